The number of hydrogen-bond acceptors (Lipinski definition) is 6. The Hall–Kier alpha value is -2.32. The molecule has 0 spiro atoms. The van der Waals surface area contributed by atoms with Gasteiger partial charge >= 0.3 is 0 Å². The van der Waals surface area contributed by atoms with E-state index in [1.807, 2.05) is 4.90 Å². The van der Waals surface area contributed by atoms with Gasteiger partial charge in [0.1, 0.15) is 0 Å². The van der Waals surface area contributed by atoms with E-state index in [4.69, 9.17) is 14.6 Å². The van der Waals surface area contributed by atoms with Gasteiger partial charge in [-0.3, -0.25) is 9.59 Å². The molecule has 1 aromatic carbocycles. The zero-order valence-corrected chi connectivity index (χ0v) is 16.0. The van der Waals surface area contributed by atoms with E-state index in [-0.39, 0.29) is 24.8 Å². The van der Waals surface area contributed by atoms with Gasteiger partial charge in [-0.1, -0.05) is 0 Å². The average Bonchev–Trinajstić information content (AvgIpc) is 3.22. The predicted molar refractivity (Wildman–Crippen MR) is 100 cm³/mol. The molecule has 2 heterocycles. The quantitative estimate of drug-likeness (QED) is 0.762. The molecule has 8 heteroatoms. The van der Waals surface area contributed by atoms with Crippen LogP contribution in [0.4, 0.5) is 5.69 Å². The molecule has 2 fully saturated rings. The summed E-state index contributed by atoms with van der Waals surface area (Å²) in [6.45, 7) is 2.28. The molecular weight excluding hydrogens is 350 g/mol. The maximum Gasteiger partial charge on any atom is 0.254 e. The molecule has 3 rings (SSSR count). The minimum atomic E-state index is -0.361. The first-order valence-corrected chi connectivity index (χ1v) is 9.14. The fraction of sp³-hybridized carbons (Fsp3) is 0.579. The molecule has 0 unspecified atom stereocenters. The summed E-state index contributed by atoms with van der Waals surface area (Å²) in [4.78, 5) is 29.2. The van der Waals surface area contributed by atoms with E-state index in [1.54, 1.807) is 12.1 Å². The fourth-order valence-corrected chi connectivity index (χ4v) is 4.02. The van der Waals surface area contributed by atoms with Crippen molar-refractivity contribution in [3.05, 3.63) is 17.7 Å². The lowest BCUT2D eigenvalue weighted by atomic mass is 10.1. The second-order valence-corrected chi connectivity index (χ2v) is 7.09. The lowest BCUT2D eigenvalue weighted by Crippen LogP contribution is -2.35. The van der Waals surface area contributed by atoms with Crippen LogP contribution in [0, 0.1) is 5.92 Å². The van der Waals surface area contributed by atoms with E-state index in [0.717, 1.165) is 19.5 Å². The molecule has 27 heavy (non-hydrogen) atoms. The van der Waals surface area contributed by atoms with Gasteiger partial charge in [0, 0.05) is 24.7 Å². The number of likely N-dealkylation sites (tertiary alicyclic amines) is 2. The Labute approximate surface area is 159 Å². The van der Waals surface area contributed by atoms with Crippen LogP contribution in [0.2, 0.25) is 0 Å². The van der Waals surface area contributed by atoms with Gasteiger partial charge < -0.3 is 29.7 Å². The first-order valence-electron chi connectivity index (χ1n) is 9.14. The van der Waals surface area contributed by atoms with Crippen molar-refractivity contribution in [2.24, 2.45) is 5.92 Å². The summed E-state index contributed by atoms with van der Waals surface area (Å²) in [5.41, 5.74) is 0.796. The highest BCUT2D eigenvalue weighted by atomic mass is 16.5. The van der Waals surface area contributed by atoms with E-state index in [2.05, 4.69) is 17.3 Å². The molecule has 8 nitrogen and oxygen atoms in total. The number of ether oxygens (including phenoxy) is 2. The van der Waals surface area contributed by atoms with E-state index in [1.165, 1.54) is 14.2 Å². The number of aliphatic hydroxyl groups is 1. The number of anilines is 1. The van der Waals surface area contributed by atoms with Gasteiger partial charge in [0.25, 0.3) is 5.91 Å². The lowest BCUT2D eigenvalue weighted by molar-refractivity contribution is -0.116. The van der Waals surface area contributed by atoms with Crippen molar-refractivity contribution in [2.75, 3.05) is 52.8 Å². The third-order valence-electron chi connectivity index (χ3n) is 5.45. The van der Waals surface area contributed by atoms with Gasteiger partial charge in [-0.15, -0.1) is 0 Å². The molecule has 0 saturated carbocycles. The zero-order chi connectivity index (χ0) is 19.6. The number of benzene rings is 1. The number of methoxy groups -OCH3 is 2. The number of aliphatic hydroxyl groups excluding tert-OH is 1. The molecule has 2 saturated heterocycles. The Kier molecular flexibility index (Phi) is 5.86. The van der Waals surface area contributed by atoms with Crippen molar-refractivity contribution < 1.29 is 24.2 Å². The Morgan fingerprint density at radius 2 is 2.04 bits per heavy atom. The maximum atomic E-state index is 13.1. The number of hydrogen-bond donors (Lipinski definition) is 2. The van der Waals surface area contributed by atoms with Crippen molar-refractivity contribution in [1.82, 2.24) is 9.80 Å². The molecule has 0 radical (unpaired) electrons. The van der Waals surface area contributed by atoms with Crippen LogP contribution < -0.4 is 14.8 Å². The number of carbonyl (C=O) groups excluding carboxylic acids is 2. The zero-order valence-electron chi connectivity index (χ0n) is 16.0. The number of amides is 2. The first kappa shape index (κ1) is 19.4. The summed E-state index contributed by atoms with van der Waals surface area (Å²) in [6.07, 6.45) is 1.07. The van der Waals surface area contributed by atoms with Crippen LogP contribution in [0.25, 0.3) is 0 Å². The first-order chi connectivity index (χ1) is 13.0. The number of likely N-dealkylation sites (N-methyl/N-ethyl adjacent to an activating group) is 1. The third kappa shape index (κ3) is 3.86. The molecule has 0 aromatic heterocycles. The van der Waals surface area contributed by atoms with E-state index >= 15 is 0 Å². The standard InChI is InChI=1S/C19H27N3O5/c1-21-6-4-12-10-22(11-15(12)21)19(25)13-8-14(20-17(24)5-7-23)18(27-3)16(9-13)26-2/h8-9,12,15,23H,4-7,10-11H2,1-3H3,(H,20,24)/t12-,15+/m0/s1. The molecule has 0 aliphatic carbocycles. The van der Waals surface area contributed by atoms with Crippen LogP contribution >= 0.6 is 0 Å². The Balaban J connectivity index is 1.86. The summed E-state index contributed by atoms with van der Waals surface area (Å²) in [7, 11) is 5.06. The summed E-state index contributed by atoms with van der Waals surface area (Å²) in [6, 6.07) is 3.66. The topological polar surface area (TPSA) is 91.3 Å². The van der Waals surface area contributed by atoms with Crippen molar-refractivity contribution in [3.8, 4) is 11.5 Å². The third-order valence-corrected chi connectivity index (χ3v) is 5.45. The Bertz CT molecular complexity index is 724. The van der Waals surface area contributed by atoms with Crippen molar-refractivity contribution in [3.63, 3.8) is 0 Å². The lowest BCUT2D eigenvalue weighted by Gasteiger charge is -2.22. The summed E-state index contributed by atoms with van der Waals surface area (Å²) in [5.74, 6) is 0.788. The van der Waals surface area contributed by atoms with Crippen LogP contribution in [0.3, 0.4) is 0 Å². The Morgan fingerprint density at radius 1 is 1.26 bits per heavy atom. The van der Waals surface area contributed by atoms with Crippen LogP contribution in [0.5, 0.6) is 11.5 Å². The number of nitrogens with zero attached hydrogens (tertiary/aromatic N) is 2. The molecule has 1 aromatic rings. The largest absolute Gasteiger partial charge is 0.493 e. The summed E-state index contributed by atoms with van der Waals surface area (Å²) in [5, 5.41) is 11.6. The van der Waals surface area contributed by atoms with Crippen molar-refractivity contribution in [2.45, 2.75) is 18.9 Å². The van der Waals surface area contributed by atoms with Crippen molar-refractivity contribution in [1.29, 1.82) is 0 Å². The molecule has 2 aliphatic rings. The van der Waals surface area contributed by atoms with E-state index in [9.17, 15) is 9.59 Å². The number of nitrogens with one attached hydrogen (secondary N) is 1. The van der Waals surface area contributed by atoms with E-state index in [0.29, 0.717) is 41.3 Å². The van der Waals surface area contributed by atoms with Gasteiger partial charge in [-0.05, 0) is 38.1 Å². The minimum Gasteiger partial charge on any atom is -0.493 e. The summed E-state index contributed by atoms with van der Waals surface area (Å²) >= 11 is 0. The van der Waals surface area contributed by atoms with Crippen LogP contribution in [0.1, 0.15) is 23.2 Å². The molecule has 0 bridgehead atoms. The molecule has 2 N–H and O–H groups in total. The second kappa shape index (κ2) is 8.14. The van der Waals surface area contributed by atoms with Gasteiger partial charge in [-0.25, -0.2) is 0 Å². The van der Waals surface area contributed by atoms with E-state index < -0.39 is 0 Å². The average molecular weight is 377 g/mol. The molecule has 2 atom stereocenters. The predicted octanol–water partition coefficient (Wildman–Crippen LogP) is 0.801. The molecule has 2 amide bonds. The van der Waals surface area contributed by atoms with Crippen LogP contribution in [-0.4, -0.2) is 80.3 Å². The smallest absolute Gasteiger partial charge is 0.254 e. The minimum absolute atomic E-state index is 0.0362. The monoisotopic (exact) mass is 377 g/mol. The van der Waals surface area contributed by atoms with Gasteiger partial charge in [0.15, 0.2) is 11.5 Å². The highest BCUT2D eigenvalue weighted by molar-refractivity contribution is 5.99. The second-order valence-electron chi connectivity index (χ2n) is 7.09. The highest BCUT2D eigenvalue weighted by Gasteiger charge is 2.41. The fourth-order valence-electron chi connectivity index (χ4n) is 4.02. The normalized spacial score (nSPS) is 21.9. The van der Waals surface area contributed by atoms with Crippen LogP contribution in [-0.2, 0) is 4.79 Å². The Morgan fingerprint density at radius 3 is 2.67 bits per heavy atom. The van der Waals surface area contributed by atoms with Crippen LogP contribution in [0.15, 0.2) is 12.1 Å². The number of rotatable bonds is 6. The molecule has 2 aliphatic heterocycles. The van der Waals surface area contributed by atoms with Gasteiger partial charge in [0.05, 0.1) is 32.9 Å². The number of carbonyl (C=O) groups is 2. The summed E-state index contributed by atoms with van der Waals surface area (Å²) < 4.78 is 10.7. The molecular formula is C19H27N3O5. The van der Waals surface area contributed by atoms with Gasteiger partial charge in [0.2, 0.25) is 5.91 Å². The SMILES string of the molecule is COc1cc(C(=O)N2C[C@@H]3CCN(C)[C@@H]3C2)cc(NC(=O)CCO)c1OC. The maximum absolute atomic E-state index is 13.1. The molecule has 148 valence electrons. The number of fused-ring (bicyclic) bond motifs is 1. The van der Waals surface area contributed by atoms with Gasteiger partial charge in [-0.2, -0.15) is 0 Å². The van der Waals surface area contributed by atoms with Crippen molar-refractivity contribution >= 4 is 17.5 Å². The highest BCUT2D eigenvalue weighted by Crippen LogP contribution is 2.38.